The minimum atomic E-state index is -0.362. The lowest BCUT2D eigenvalue weighted by Crippen LogP contribution is -2.14. The van der Waals surface area contributed by atoms with Crippen LogP contribution in [-0.2, 0) is 35.4 Å². The summed E-state index contributed by atoms with van der Waals surface area (Å²) in [6.07, 6.45) is 4.71. The number of aryl methyl sites for hydroxylation is 3. The van der Waals surface area contributed by atoms with Gasteiger partial charge in [0.1, 0.15) is 17.3 Å². The molecule has 146 valence electrons. The van der Waals surface area contributed by atoms with Crippen LogP contribution in [0.25, 0.3) is 10.2 Å². The third kappa shape index (κ3) is 4.09. The molecule has 0 amide bonds. The van der Waals surface area contributed by atoms with Crippen LogP contribution in [0.15, 0.2) is 23.0 Å². The maximum atomic E-state index is 12.5. The van der Waals surface area contributed by atoms with E-state index in [4.69, 9.17) is 27.9 Å². The standard InChI is InChI=1S/C20H18Cl2N2O3S/c21-13-6-5-11(9-14(13)22)10-27-17(25)8-7-16-23-19(26)18-12-3-1-2-4-15(12)28-20(18)24-16/h5-6,9H,1-4,7-8,10H2,(H,23,24,26). The van der Waals surface area contributed by atoms with Crippen molar-refractivity contribution in [2.75, 3.05) is 0 Å². The number of H-pyrrole nitrogens is 1. The molecular formula is C20H18Cl2N2O3S. The fraction of sp³-hybridized carbons (Fsp3) is 0.350. The highest BCUT2D eigenvalue weighted by molar-refractivity contribution is 7.18. The van der Waals surface area contributed by atoms with Crippen LogP contribution in [-0.4, -0.2) is 15.9 Å². The first-order valence-electron chi connectivity index (χ1n) is 9.14. The Labute approximate surface area is 175 Å². The van der Waals surface area contributed by atoms with Crippen LogP contribution < -0.4 is 5.56 Å². The summed E-state index contributed by atoms with van der Waals surface area (Å²) in [4.78, 5) is 34.0. The SMILES string of the molecule is O=C(CCc1nc2sc3c(c2c(=O)[nH]1)CCCC3)OCc1ccc(Cl)c(Cl)c1. The van der Waals surface area contributed by atoms with E-state index in [0.717, 1.165) is 47.0 Å². The number of nitrogens with zero attached hydrogens (tertiary/aromatic N) is 1. The molecular weight excluding hydrogens is 419 g/mol. The molecule has 1 aromatic carbocycles. The Hall–Kier alpha value is -1.89. The molecule has 1 aliphatic rings. The van der Waals surface area contributed by atoms with E-state index in [1.54, 1.807) is 29.5 Å². The van der Waals surface area contributed by atoms with Crippen molar-refractivity contribution in [1.29, 1.82) is 0 Å². The first-order chi connectivity index (χ1) is 13.5. The fourth-order valence-corrected chi connectivity index (χ4v) is 5.01. The van der Waals surface area contributed by atoms with Gasteiger partial charge in [-0.2, -0.15) is 0 Å². The summed E-state index contributed by atoms with van der Waals surface area (Å²) in [5.74, 6) is 0.155. The van der Waals surface area contributed by atoms with Crippen LogP contribution in [0, 0.1) is 0 Å². The molecule has 0 radical (unpaired) electrons. The van der Waals surface area contributed by atoms with E-state index in [9.17, 15) is 9.59 Å². The van der Waals surface area contributed by atoms with Crippen molar-refractivity contribution in [2.24, 2.45) is 0 Å². The second-order valence-corrected chi connectivity index (χ2v) is 8.71. The third-order valence-corrected chi connectivity index (χ3v) is 6.75. The average Bonchev–Trinajstić information content (AvgIpc) is 3.06. The summed E-state index contributed by atoms with van der Waals surface area (Å²) < 4.78 is 5.27. The van der Waals surface area contributed by atoms with Gasteiger partial charge in [-0.15, -0.1) is 11.3 Å². The minimum absolute atomic E-state index is 0.108. The summed E-state index contributed by atoms with van der Waals surface area (Å²) in [5.41, 5.74) is 1.82. The van der Waals surface area contributed by atoms with E-state index >= 15 is 0 Å². The molecule has 3 aromatic rings. The van der Waals surface area contributed by atoms with Gasteiger partial charge in [-0.1, -0.05) is 29.3 Å². The van der Waals surface area contributed by atoms with E-state index in [1.165, 1.54) is 4.88 Å². The van der Waals surface area contributed by atoms with E-state index in [2.05, 4.69) is 9.97 Å². The predicted molar refractivity (Wildman–Crippen MR) is 111 cm³/mol. The molecule has 0 saturated heterocycles. The molecule has 2 aromatic heterocycles. The van der Waals surface area contributed by atoms with E-state index in [1.807, 2.05) is 0 Å². The molecule has 0 aliphatic heterocycles. The van der Waals surface area contributed by atoms with Crippen molar-refractivity contribution in [3.8, 4) is 0 Å². The molecule has 2 heterocycles. The number of hydrogen-bond donors (Lipinski definition) is 1. The maximum Gasteiger partial charge on any atom is 0.306 e. The first-order valence-corrected chi connectivity index (χ1v) is 10.7. The van der Waals surface area contributed by atoms with Gasteiger partial charge >= 0.3 is 5.97 Å². The number of halogens is 2. The number of nitrogens with one attached hydrogen (secondary N) is 1. The monoisotopic (exact) mass is 436 g/mol. The number of esters is 1. The highest BCUT2D eigenvalue weighted by atomic mass is 35.5. The zero-order chi connectivity index (χ0) is 19.7. The third-order valence-electron chi connectivity index (χ3n) is 4.82. The van der Waals surface area contributed by atoms with Gasteiger partial charge in [-0.25, -0.2) is 4.98 Å². The molecule has 0 spiro atoms. The number of aromatic nitrogens is 2. The van der Waals surface area contributed by atoms with Gasteiger partial charge in [0.05, 0.1) is 21.9 Å². The molecule has 28 heavy (non-hydrogen) atoms. The van der Waals surface area contributed by atoms with Gasteiger partial charge in [0.25, 0.3) is 5.56 Å². The predicted octanol–water partition coefficient (Wildman–Crippen LogP) is 4.85. The van der Waals surface area contributed by atoms with Crippen LogP contribution in [0.3, 0.4) is 0 Å². The number of carbonyl (C=O) groups is 1. The van der Waals surface area contributed by atoms with Crippen molar-refractivity contribution in [1.82, 2.24) is 9.97 Å². The van der Waals surface area contributed by atoms with Gasteiger partial charge in [-0.3, -0.25) is 9.59 Å². The van der Waals surface area contributed by atoms with E-state index in [-0.39, 0.29) is 24.6 Å². The second-order valence-electron chi connectivity index (χ2n) is 6.81. The molecule has 8 heteroatoms. The molecule has 0 saturated carbocycles. The average molecular weight is 437 g/mol. The Kier molecular flexibility index (Phi) is 5.71. The number of aromatic amines is 1. The lowest BCUT2D eigenvalue weighted by Gasteiger charge is -2.09. The summed E-state index contributed by atoms with van der Waals surface area (Å²) in [6, 6.07) is 5.09. The number of benzene rings is 1. The number of rotatable bonds is 5. The number of hydrogen-bond acceptors (Lipinski definition) is 5. The van der Waals surface area contributed by atoms with Gasteiger partial charge in [0.2, 0.25) is 0 Å². The van der Waals surface area contributed by atoms with Crippen molar-refractivity contribution in [3.05, 3.63) is 60.4 Å². The summed E-state index contributed by atoms with van der Waals surface area (Å²) in [6.45, 7) is 0.121. The first kappa shape index (κ1) is 19.4. The van der Waals surface area contributed by atoms with Crippen molar-refractivity contribution in [3.63, 3.8) is 0 Å². The highest BCUT2D eigenvalue weighted by Gasteiger charge is 2.20. The van der Waals surface area contributed by atoms with Gasteiger partial charge < -0.3 is 9.72 Å². The van der Waals surface area contributed by atoms with E-state index in [0.29, 0.717) is 22.3 Å². The van der Waals surface area contributed by atoms with Crippen LogP contribution in [0.1, 0.15) is 41.1 Å². The zero-order valence-electron chi connectivity index (χ0n) is 15.0. The Morgan fingerprint density at radius 1 is 1.21 bits per heavy atom. The normalized spacial score (nSPS) is 13.5. The van der Waals surface area contributed by atoms with E-state index < -0.39 is 0 Å². The lowest BCUT2D eigenvalue weighted by atomic mass is 9.97. The summed E-state index contributed by atoms with van der Waals surface area (Å²) in [5, 5.41) is 1.60. The zero-order valence-corrected chi connectivity index (χ0v) is 17.3. The molecule has 1 aliphatic carbocycles. The Morgan fingerprint density at radius 2 is 2.04 bits per heavy atom. The van der Waals surface area contributed by atoms with Gasteiger partial charge in [0.15, 0.2) is 0 Å². The van der Waals surface area contributed by atoms with Crippen molar-refractivity contribution >= 4 is 50.7 Å². The van der Waals surface area contributed by atoms with Gasteiger partial charge in [-0.05, 0) is 48.9 Å². The quantitative estimate of drug-likeness (QED) is 0.580. The van der Waals surface area contributed by atoms with Crippen LogP contribution in [0.4, 0.5) is 0 Å². The van der Waals surface area contributed by atoms with Gasteiger partial charge in [0, 0.05) is 11.3 Å². The highest BCUT2D eigenvalue weighted by Crippen LogP contribution is 2.33. The topological polar surface area (TPSA) is 72.0 Å². The van der Waals surface area contributed by atoms with Crippen LogP contribution >= 0.6 is 34.5 Å². The number of fused-ring (bicyclic) bond motifs is 3. The number of thiophene rings is 1. The number of carbonyl (C=O) groups excluding carboxylic acids is 1. The van der Waals surface area contributed by atoms with Crippen molar-refractivity contribution < 1.29 is 9.53 Å². The molecule has 5 nitrogen and oxygen atoms in total. The molecule has 0 atom stereocenters. The molecule has 1 N–H and O–H groups in total. The van der Waals surface area contributed by atoms with Crippen molar-refractivity contribution in [2.45, 2.75) is 45.1 Å². The Balaban J connectivity index is 1.40. The molecule has 0 fully saturated rings. The smallest absolute Gasteiger partial charge is 0.306 e. The Bertz CT molecular complexity index is 1110. The fourth-order valence-electron chi connectivity index (χ4n) is 3.41. The molecule has 0 unspecified atom stereocenters. The number of ether oxygens (including phenoxy) is 1. The summed E-state index contributed by atoms with van der Waals surface area (Å²) in [7, 11) is 0. The lowest BCUT2D eigenvalue weighted by molar-refractivity contribution is -0.144. The minimum Gasteiger partial charge on any atom is -0.461 e. The molecule has 4 rings (SSSR count). The summed E-state index contributed by atoms with van der Waals surface area (Å²) >= 11 is 13.4. The van der Waals surface area contributed by atoms with Crippen LogP contribution in [0.2, 0.25) is 10.0 Å². The second kappa shape index (κ2) is 8.23. The largest absolute Gasteiger partial charge is 0.461 e. The molecule has 0 bridgehead atoms. The van der Waals surface area contributed by atoms with Crippen LogP contribution in [0.5, 0.6) is 0 Å². The Morgan fingerprint density at radius 3 is 2.86 bits per heavy atom. The maximum absolute atomic E-state index is 12.5.